The average Bonchev–Trinajstić information content (AvgIpc) is 2.86. The minimum atomic E-state index is 0.254. The zero-order valence-corrected chi connectivity index (χ0v) is 10.9. The van der Waals surface area contributed by atoms with Gasteiger partial charge in [-0.3, -0.25) is 0 Å². The summed E-state index contributed by atoms with van der Waals surface area (Å²) in [6, 6.07) is 6.99. The number of anilines is 1. The monoisotopic (exact) mass is 247 g/mol. The normalized spacial score (nSPS) is 29.6. The van der Waals surface area contributed by atoms with Gasteiger partial charge in [-0.05, 0) is 32.3 Å². The lowest BCUT2D eigenvalue weighted by Crippen LogP contribution is -2.36. The van der Waals surface area contributed by atoms with Crippen molar-refractivity contribution in [3.05, 3.63) is 29.3 Å². The fourth-order valence-corrected chi connectivity index (χ4v) is 3.29. The van der Waals surface area contributed by atoms with Gasteiger partial charge in [-0.25, -0.2) is 0 Å². The molecule has 0 radical (unpaired) electrons. The molecule has 0 amide bonds. The van der Waals surface area contributed by atoms with Gasteiger partial charge in [0.1, 0.15) is 0 Å². The Hall–Kier alpha value is -1.06. The van der Waals surface area contributed by atoms with Crippen molar-refractivity contribution in [1.29, 1.82) is 0 Å². The highest BCUT2D eigenvalue weighted by Crippen LogP contribution is 2.45. The molecule has 98 valence electrons. The summed E-state index contributed by atoms with van der Waals surface area (Å²) < 4.78 is 5.95. The molecule has 18 heavy (non-hydrogen) atoms. The van der Waals surface area contributed by atoms with Crippen LogP contribution in [0.3, 0.4) is 0 Å². The summed E-state index contributed by atoms with van der Waals surface area (Å²) in [6.45, 7) is 3.26. The van der Waals surface area contributed by atoms with Gasteiger partial charge in [0.05, 0.1) is 6.10 Å². The number of rotatable bonds is 3. The molecule has 0 saturated carbocycles. The van der Waals surface area contributed by atoms with E-state index in [4.69, 9.17) is 9.84 Å². The third-order valence-corrected chi connectivity index (χ3v) is 4.18. The van der Waals surface area contributed by atoms with Gasteiger partial charge in [0.25, 0.3) is 0 Å². The number of aliphatic hydroxyl groups excluding tert-OH is 1. The van der Waals surface area contributed by atoms with Crippen LogP contribution in [0.2, 0.25) is 0 Å². The molecule has 0 aromatic heterocycles. The molecule has 3 rings (SSSR count). The zero-order chi connectivity index (χ0) is 12.5. The molecule has 3 atom stereocenters. The van der Waals surface area contributed by atoms with E-state index < -0.39 is 0 Å². The van der Waals surface area contributed by atoms with Crippen LogP contribution in [0.25, 0.3) is 0 Å². The van der Waals surface area contributed by atoms with E-state index in [1.807, 2.05) is 0 Å². The topological polar surface area (TPSA) is 41.5 Å². The highest BCUT2D eigenvalue weighted by molar-refractivity contribution is 5.57. The van der Waals surface area contributed by atoms with Gasteiger partial charge < -0.3 is 15.2 Å². The Balaban J connectivity index is 1.89. The predicted octanol–water partition coefficient (Wildman–Crippen LogP) is 2.64. The predicted molar refractivity (Wildman–Crippen MR) is 71.7 cm³/mol. The van der Waals surface area contributed by atoms with E-state index in [1.165, 1.54) is 16.8 Å². The van der Waals surface area contributed by atoms with Crippen LogP contribution in [0.1, 0.15) is 36.5 Å². The molecule has 1 aromatic rings. The van der Waals surface area contributed by atoms with Gasteiger partial charge >= 0.3 is 0 Å². The van der Waals surface area contributed by atoms with E-state index >= 15 is 0 Å². The molecule has 1 saturated heterocycles. The molecule has 3 nitrogen and oxygen atoms in total. The van der Waals surface area contributed by atoms with Gasteiger partial charge in [-0.15, -0.1) is 0 Å². The molecule has 1 fully saturated rings. The largest absolute Gasteiger partial charge is 0.396 e. The summed E-state index contributed by atoms with van der Waals surface area (Å²) in [4.78, 5) is 0. The van der Waals surface area contributed by atoms with Gasteiger partial charge in [-0.1, -0.05) is 17.7 Å². The Morgan fingerprint density at radius 2 is 2.33 bits per heavy atom. The molecule has 2 N–H and O–H groups in total. The van der Waals surface area contributed by atoms with Crippen LogP contribution < -0.4 is 5.32 Å². The highest BCUT2D eigenvalue weighted by atomic mass is 16.5. The van der Waals surface area contributed by atoms with Crippen molar-refractivity contribution < 1.29 is 9.84 Å². The van der Waals surface area contributed by atoms with E-state index in [0.29, 0.717) is 12.0 Å². The lowest BCUT2D eigenvalue weighted by Gasteiger charge is -2.36. The van der Waals surface area contributed by atoms with Crippen LogP contribution in [0.4, 0.5) is 5.69 Å². The molecular weight excluding hydrogens is 226 g/mol. The Kier molecular flexibility index (Phi) is 3.27. The second kappa shape index (κ2) is 4.90. The maximum absolute atomic E-state index is 9.01. The third kappa shape index (κ3) is 2.02. The van der Waals surface area contributed by atoms with Crippen molar-refractivity contribution in [2.45, 2.75) is 38.3 Å². The summed E-state index contributed by atoms with van der Waals surface area (Å²) in [5, 5.41) is 12.6. The number of ether oxygens (including phenoxy) is 1. The van der Waals surface area contributed by atoms with Crippen LogP contribution >= 0.6 is 0 Å². The summed E-state index contributed by atoms with van der Waals surface area (Å²) in [5.41, 5.74) is 3.82. The van der Waals surface area contributed by atoms with E-state index in [-0.39, 0.29) is 12.7 Å². The summed E-state index contributed by atoms with van der Waals surface area (Å²) in [5.74, 6) is 0.561. The molecule has 2 aliphatic heterocycles. The maximum Gasteiger partial charge on any atom is 0.0893 e. The number of hydrogen-bond donors (Lipinski definition) is 2. The number of nitrogens with one attached hydrogen (secondary N) is 1. The number of fused-ring (bicyclic) bond motifs is 3. The fraction of sp³-hybridized carbons (Fsp3) is 0.600. The summed E-state index contributed by atoms with van der Waals surface area (Å²) in [6.07, 6.45) is 3.27. The Morgan fingerprint density at radius 1 is 1.44 bits per heavy atom. The van der Waals surface area contributed by atoms with Crippen molar-refractivity contribution in [2.24, 2.45) is 5.92 Å². The Labute approximate surface area is 108 Å². The van der Waals surface area contributed by atoms with Crippen LogP contribution in [-0.4, -0.2) is 24.4 Å². The number of hydrogen-bond acceptors (Lipinski definition) is 3. The van der Waals surface area contributed by atoms with E-state index in [9.17, 15) is 0 Å². The molecule has 0 aliphatic carbocycles. The Bertz CT molecular complexity index is 433. The quantitative estimate of drug-likeness (QED) is 0.862. The fourth-order valence-electron chi connectivity index (χ4n) is 3.29. The minimum Gasteiger partial charge on any atom is -0.396 e. The van der Waals surface area contributed by atoms with Gasteiger partial charge in [0, 0.05) is 36.4 Å². The van der Waals surface area contributed by atoms with Crippen LogP contribution in [0.15, 0.2) is 18.2 Å². The first kappa shape index (κ1) is 12.0. The van der Waals surface area contributed by atoms with Crippen LogP contribution in [0.5, 0.6) is 0 Å². The first-order chi connectivity index (χ1) is 8.79. The molecule has 2 heterocycles. The standard InChI is InChI=1S/C15H21NO2/c1-10-4-5-14-12(9-10)15-11(6-8-18-15)13(16-14)3-2-7-17/h4-5,9,11,13,15-17H,2-3,6-8H2,1H3/t11-,13-,15+/m0/s1. The van der Waals surface area contributed by atoms with Crippen LogP contribution in [0, 0.1) is 12.8 Å². The first-order valence-electron chi connectivity index (χ1n) is 6.89. The van der Waals surface area contributed by atoms with E-state index in [1.54, 1.807) is 0 Å². The second-order valence-electron chi connectivity index (χ2n) is 5.45. The van der Waals surface area contributed by atoms with Gasteiger partial charge in [0.2, 0.25) is 0 Å². The zero-order valence-electron chi connectivity index (χ0n) is 10.9. The molecular formula is C15H21NO2. The first-order valence-corrected chi connectivity index (χ1v) is 6.89. The van der Waals surface area contributed by atoms with Crippen molar-refractivity contribution >= 4 is 5.69 Å². The second-order valence-corrected chi connectivity index (χ2v) is 5.45. The SMILES string of the molecule is Cc1ccc2c(c1)[C@@H]1OCC[C@H]1[C@H](CCCO)N2. The van der Waals surface area contributed by atoms with Crippen molar-refractivity contribution in [2.75, 3.05) is 18.5 Å². The molecule has 1 aromatic carbocycles. The van der Waals surface area contributed by atoms with Gasteiger partial charge in [-0.2, -0.15) is 0 Å². The number of aryl methyl sites for hydroxylation is 1. The maximum atomic E-state index is 9.01. The van der Waals surface area contributed by atoms with E-state index in [2.05, 4.69) is 30.4 Å². The molecule has 2 aliphatic rings. The van der Waals surface area contributed by atoms with Crippen LogP contribution in [-0.2, 0) is 4.74 Å². The average molecular weight is 247 g/mol. The van der Waals surface area contributed by atoms with Crippen molar-refractivity contribution in [3.8, 4) is 0 Å². The molecule has 0 unspecified atom stereocenters. The van der Waals surface area contributed by atoms with Gasteiger partial charge in [0.15, 0.2) is 0 Å². The lowest BCUT2D eigenvalue weighted by molar-refractivity contribution is 0.0813. The van der Waals surface area contributed by atoms with Crippen molar-refractivity contribution in [3.63, 3.8) is 0 Å². The van der Waals surface area contributed by atoms with Crippen molar-refractivity contribution in [1.82, 2.24) is 0 Å². The lowest BCUT2D eigenvalue weighted by atomic mass is 9.82. The number of aliphatic hydroxyl groups is 1. The summed E-state index contributed by atoms with van der Waals surface area (Å²) >= 11 is 0. The molecule has 3 heteroatoms. The Morgan fingerprint density at radius 3 is 3.17 bits per heavy atom. The number of benzene rings is 1. The smallest absolute Gasteiger partial charge is 0.0893 e. The minimum absolute atomic E-state index is 0.254. The molecule has 0 bridgehead atoms. The summed E-state index contributed by atoms with van der Waals surface area (Å²) in [7, 11) is 0. The third-order valence-electron chi connectivity index (χ3n) is 4.18. The van der Waals surface area contributed by atoms with E-state index in [0.717, 1.165) is 25.9 Å². The highest BCUT2D eigenvalue weighted by Gasteiger charge is 2.40. The molecule has 0 spiro atoms.